The summed E-state index contributed by atoms with van der Waals surface area (Å²) in [6.07, 6.45) is 8.70. The summed E-state index contributed by atoms with van der Waals surface area (Å²) in [5, 5.41) is 10.6. The number of ether oxygens (including phenoxy) is 2. The number of benzene rings is 2. The highest BCUT2D eigenvalue weighted by Gasteiger charge is 2.39. The summed E-state index contributed by atoms with van der Waals surface area (Å²) >= 11 is 0. The number of fused-ring (bicyclic) bond motifs is 2. The van der Waals surface area contributed by atoms with Crippen LogP contribution in [0.1, 0.15) is 36.9 Å². The van der Waals surface area contributed by atoms with E-state index in [9.17, 15) is 0 Å². The van der Waals surface area contributed by atoms with Gasteiger partial charge in [-0.25, -0.2) is 9.50 Å². The summed E-state index contributed by atoms with van der Waals surface area (Å²) in [5.74, 6) is 0.185. The van der Waals surface area contributed by atoms with Crippen molar-refractivity contribution in [2.24, 2.45) is 0 Å². The molecule has 9 heteroatoms. The summed E-state index contributed by atoms with van der Waals surface area (Å²) in [7, 11) is 0. The van der Waals surface area contributed by atoms with Crippen molar-refractivity contribution in [1.29, 1.82) is 0 Å². The Balaban J connectivity index is 1.06. The van der Waals surface area contributed by atoms with Gasteiger partial charge in [-0.2, -0.15) is 10.2 Å². The van der Waals surface area contributed by atoms with Gasteiger partial charge in [0.2, 0.25) is 0 Å². The lowest BCUT2D eigenvalue weighted by molar-refractivity contribution is -0.185. The van der Waals surface area contributed by atoms with Crippen LogP contribution in [-0.4, -0.2) is 67.9 Å². The first-order valence-corrected chi connectivity index (χ1v) is 14.3. The monoisotopic (exact) mass is 537 g/mol. The summed E-state index contributed by atoms with van der Waals surface area (Å²) < 4.78 is 15.7. The van der Waals surface area contributed by atoms with Gasteiger partial charge in [-0.15, -0.1) is 0 Å². The Hall–Kier alpha value is -3.79. The number of unbranched alkanes of at least 4 members (excludes halogenated alkanes) is 1. The maximum absolute atomic E-state index is 6.39. The Bertz CT molecular complexity index is 1610. The van der Waals surface area contributed by atoms with Gasteiger partial charge in [-0.1, -0.05) is 42.5 Å². The molecule has 3 aromatic heterocycles. The van der Waals surface area contributed by atoms with Crippen molar-refractivity contribution >= 4 is 22.2 Å². The van der Waals surface area contributed by atoms with Gasteiger partial charge in [0, 0.05) is 48.8 Å². The van der Waals surface area contributed by atoms with Crippen molar-refractivity contribution in [2.45, 2.75) is 44.4 Å². The number of hydrogen-bond donors (Lipinski definition) is 1. The number of nitrogens with two attached hydrogens (primary N) is 1. The molecule has 0 amide bonds. The van der Waals surface area contributed by atoms with Crippen molar-refractivity contribution < 1.29 is 9.47 Å². The van der Waals surface area contributed by atoms with E-state index < -0.39 is 0 Å². The molecule has 5 heterocycles. The number of aryl methyl sites for hydroxylation is 1. The maximum Gasteiger partial charge on any atom is 0.170 e. The molecule has 2 fully saturated rings. The van der Waals surface area contributed by atoms with Crippen LogP contribution in [0, 0.1) is 0 Å². The third-order valence-electron chi connectivity index (χ3n) is 8.30. The molecule has 2 saturated heterocycles. The minimum absolute atomic E-state index is 0.305. The Labute approximate surface area is 233 Å². The average molecular weight is 538 g/mol. The van der Waals surface area contributed by atoms with Crippen LogP contribution in [0.5, 0.6) is 0 Å². The molecular formula is C31H35N7O2. The largest absolute Gasteiger partial charge is 0.382 e. The van der Waals surface area contributed by atoms with E-state index >= 15 is 0 Å². The van der Waals surface area contributed by atoms with Gasteiger partial charge >= 0.3 is 0 Å². The fourth-order valence-electron chi connectivity index (χ4n) is 6.16. The Morgan fingerprint density at radius 2 is 1.77 bits per heavy atom. The predicted octanol–water partition coefficient (Wildman–Crippen LogP) is 4.54. The summed E-state index contributed by atoms with van der Waals surface area (Å²) in [5.41, 5.74) is 12.7. The van der Waals surface area contributed by atoms with Gasteiger partial charge < -0.3 is 20.1 Å². The van der Waals surface area contributed by atoms with Crippen LogP contribution in [0.3, 0.4) is 0 Å². The number of piperidine rings is 1. The van der Waals surface area contributed by atoms with Crippen molar-refractivity contribution in [3.8, 4) is 11.1 Å². The molecule has 0 unspecified atom stereocenters. The zero-order valence-corrected chi connectivity index (χ0v) is 22.7. The molecule has 40 heavy (non-hydrogen) atoms. The highest BCUT2D eigenvalue weighted by molar-refractivity contribution is 5.92. The molecule has 0 aliphatic carbocycles. The molecule has 1 spiro atoms. The topological polar surface area (TPSA) is 95.7 Å². The second-order valence-corrected chi connectivity index (χ2v) is 10.9. The normalized spacial score (nSPS) is 17.4. The smallest absolute Gasteiger partial charge is 0.170 e. The van der Waals surface area contributed by atoms with Gasteiger partial charge in [-0.3, -0.25) is 4.68 Å². The molecule has 0 atom stereocenters. The molecule has 2 aromatic carbocycles. The molecule has 0 saturated carbocycles. The van der Waals surface area contributed by atoms with E-state index in [1.54, 1.807) is 6.33 Å². The maximum atomic E-state index is 6.39. The molecule has 9 nitrogen and oxygen atoms in total. The average Bonchev–Trinajstić information content (AvgIpc) is 3.70. The number of hydrogen-bond acceptors (Lipinski definition) is 7. The van der Waals surface area contributed by atoms with Gasteiger partial charge in [0.25, 0.3) is 0 Å². The Morgan fingerprint density at radius 1 is 0.950 bits per heavy atom. The number of anilines is 1. The zero-order valence-electron chi connectivity index (χ0n) is 22.7. The van der Waals surface area contributed by atoms with Crippen LogP contribution in [0.15, 0.2) is 67.1 Å². The molecule has 0 bridgehead atoms. The van der Waals surface area contributed by atoms with E-state index in [2.05, 4.69) is 69.7 Å². The van der Waals surface area contributed by atoms with E-state index in [1.165, 1.54) is 5.56 Å². The fraction of sp³-hybridized carbons (Fsp3) is 0.387. The lowest BCUT2D eigenvalue weighted by atomic mass is 10.0. The number of nitrogens with zero attached hydrogens (tertiary/aromatic N) is 6. The lowest BCUT2D eigenvalue weighted by Gasteiger charge is -2.37. The highest BCUT2D eigenvalue weighted by Crippen LogP contribution is 2.33. The van der Waals surface area contributed by atoms with Crippen LogP contribution in [0.4, 0.5) is 5.82 Å². The first kappa shape index (κ1) is 25.2. The first-order chi connectivity index (χ1) is 19.7. The second kappa shape index (κ2) is 10.6. The van der Waals surface area contributed by atoms with E-state index in [0.29, 0.717) is 5.82 Å². The molecule has 2 aliphatic heterocycles. The molecule has 5 aromatic rings. The Kier molecular flexibility index (Phi) is 6.71. The van der Waals surface area contributed by atoms with E-state index in [1.807, 2.05) is 15.3 Å². The van der Waals surface area contributed by atoms with Crippen LogP contribution < -0.4 is 5.73 Å². The molecule has 206 valence electrons. The number of aromatic nitrogens is 5. The molecule has 2 N–H and O–H groups in total. The second-order valence-electron chi connectivity index (χ2n) is 10.9. The van der Waals surface area contributed by atoms with Crippen molar-refractivity contribution in [3.05, 3.63) is 78.4 Å². The highest BCUT2D eigenvalue weighted by atomic mass is 16.7. The quantitative estimate of drug-likeness (QED) is 0.290. The Morgan fingerprint density at radius 3 is 2.60 bits per heavy atom. The summed E-state index contributed by atoms with van der Waals surface area (Å²) in [6.45, 7) is 5.35. The van der Waals surface area contributed by atoms with E-state index in [0.717, 1.165) is 105 Å². The van der Waals surface area contributed by atoms with Crippen LogP contribution >= 0.6 is 0 Å². The fourth-order valence-corrected chi connectivity index (χ4v) is 6.16. The lowest BCUT2D eigenvalue weighted by Crippen LogP contribution is -2.45. The minimum atomic E-state index is -0.305. The third-order valence-corrected chi connectivity index (χ3v) is 8.30. The first-order valence-electron chi connectivity index (χ1n) is 14.3. The SMILES string of the molecule is Nc1ncnn2c(CCCCN3CCC4(CC3)OCCO4)cc(-c3ccc4cn(Cc5ccccc5)nc4c3)c12. The van der Waals surface area contributed by atoms with Gasteiger partial charge in [0.15, 0.2) is 11.6 Å². The van der Waals surface area contributed by atoms with Gasteiger partial charge in [-0.05, 0) is 49.1 Å². The van der Waals surface area contributed by atoms with Crippen molar-refractivity contribution in [3.63, 3.8) is 0 Å². The number of nitrogen functional groups attached to an aromatic ring is 1. The molecular weight excluding hydrogens is 502 g/mol. The number of rotatable bonds is 8. The zero-order chi connectivity index (χ0) is 26.9. The van der Waals surface area contributed by atoms with E-state index in [-0.39, 0.29) is 5.79 Å². The summed E-state index contributed by atoms with van der Waals surface area (Å²) in [4.78, 5) is 6.84. The van der Waals surface area contributed by atoms with Crippen LogP contribution in [-0.2, 0) is 22.4 Å². The number of likely N-dealkylation sites (tertiary alicyclic amines) is 1. The third kappa shape index (κ3) is 4.96. The standard InChI is InChI=1S/C31H35N7O2/c32-30-29-27(24-9-10-25-21-37(35-28(25)18-24)20-23-6-2-1-3-7-23)19-26(38(29)34-22-33-30)8-4-5-13-36-14-11-31(12-15-36)39-16-17-40-31/h1-3,6-7,9-10,18-19,21-22H,4-5,8,11-17,20H2,(H2,32,33,34). The van der Waals surface area contributed by atoms with Gasteiger partial charge in [0.1, 0.15) is 11.8 Å². The van der Waals surface area contributed by atoms with Crippen LogP contribution in [0.2, 0.25) is 0 Å². The minimum Gasteiger partial charge on any atom is -0.382 e. The summed E-state index contributed by atoms with van der Waals surface area (Å²) in [6, 6.07) is 19.0. The van der Waals surface area contributed by atoms with Crippen molar-refractivity contribution in [2.75, 3.05) is 38.6 Å². The predicted molar refractivity (Wildman–Crippen MR) is 155 cm³/mol. The molecule has 7 rings (SSSR count). The molecule has 2 aliphatic rings. The van der Waals surface area contributed by atoms with Crippen molar-refractivity contribution in [1.82, 2.24) is 29.3 Å². The van der Waals surface area contributed by atoms with E-state index in [4.69, 9.17) is 20.3 Å². The van der Waals surface area contributed by atoms with Crippen LogP contribution in [0.25, 0.3) is 27.5 Å². The van der Waals surface area contributed by atoms with Gasteiger partial charge in [0.05, 0.1) is 25.3 Å². The molecule has 0 radical (unpaired) electrons.